The molecule has 0 unspecified atom stereocenters. The molecule has 1 amide bonds. The Balaban J connectivity index is 2.37. The van der Waals surface area contributed by atoms with Gasteiger partial charge in [-0.2, -0.15) is 0 Å². The lowest BCUT2D eigenvalue weighted by Gasteiger charge is -2.20. The summed E-state index contributed by atoms with van der Waals surface area (Å²) in [6.07, 6.45) is 3.10. The molecule has 0 fully saturated rings. The second-order valence-corrected chi connectivity index (χ2v) is 4.78. The summed E-state index contributed by atoms with van der Waals surface area (Å²) in [5, 5.41) is 0. The number of hydrogen-bond acceptors (Lipinski definition) is 4. The first-order valence-corrected chi connectivity index (χ1v) is 6.30. The summed E-state index contributed by atoms with van der Waals surface area (Å²) in [4.78, 5) is 18.1. The van der Waals surface area contributed by atoms with E-state index >= 15 is 0 Å². The van der Waals surface area contributed by atoms with Crippen LogP contribution < -0.4 is 16.2 Å². The van der Waals surface area contributed by atoms with Crippen LogP contribution in [-0.2, 0) is 0 Å². The average Bonchev–Trinajstić information content (AvgIpc) is 2.44. The molecule has 3 N–H and O–H groups in total. The van der Waals surface area contributed by atoms with Gasteiger partial charge in [-0.05, 0) is 43.2 Å². The molecular weight excluding hydrogens is 252 g/mol. The maximum Gasteiger partial charge on any atom is 0.260 e. The molecule has 0 spiro atoms. The van der Waals surface area contributed by atoms with Crippen LogP contribution >= 0.6 is 0 Å². The van der Waals surface area contributed by atoms with Gasteiger partial charge in [0.15, 0.2) is 0 Å². The van der Waals surface area contributed by atoms with Gasteiger partial charge in [0.05, 0.1) is 17.4 Å². The summed E-state index contributed by atoms with van der Waals surface area (Å²) in [6.45, 7) is 4.02. The van der Waals surface area contributed by atoms with Crippen molar-refractivity contribution >= 4 is 17.3 Å². The molecule has 1 aromatic carbocycles. The summed E-state index contributed by atoms with van der Waals surface area (Å²) < 4.78 is 0. The Morgan fingerprint density at radius 2 is 1.90 bits per heavy atom. The second-order valence-electron chi connectivity index (χ2n) is 4.78. The van der Waals surface area contributed by atoms with Crippen LogP contribution in [0.25, 0.3) is 0 Å². The Bertz CT molecular complexity index is 619. The Hall–Kier alpha value is -2.40. The van der Waals surface area contributed by atoms with Crippen LogP contribution in [0.4, 0.5) is 11.4 Å². The van der Waals surface area contributed by atoms with Crippen molar-refractivity contribution in [3.63, 3.8) is 0 Å². The van der Waals surface area contributed by atoms with E-state index in [2.05, 4.69) is 16.5 Å². The van der Waals surface area contributed by atoms with Crippen molar-refractivity contribution in [1.29, 1.82) is 0 Å². The normalized spacial score (nSPS) is 10.2. The SMILES string of the molecule is Cc1cc(C)cc(N(C)C(=O)c2ccncc2NN)c1. The van der Waals surface area contributed by atoms with Crippen LogP contribution in [0.5, 0.6) is 0 Å². The quantitative estimate of drug-likeness (QED) is 0.663. The fourth-order valence-corrected chi connectivity index (χ4v) is 2.14. The standard InChI is InChI=1S/C15H18N4O/c1-10-6-11(2)8-12(7-10)19(3)15(20)13-4-5-17-9-14(13)18-16/h4-9,18H,16H2,1-3H3. The number of nitrogen functional groups attached to an aromatic ring is 1. The molecule has 0 saturated heterocycles. The van der Waals surface area contributed by atoms with Crippen molar-refractivity contribution in [2.24, 2.45) is 5.84 Å². The molecule has 1 aromatic heterocycles. The van der Waals surface area contributed by atoms with Crippen molar-refractivity contribution in [3.05, 3.63) is 53.3 Å². The third-order valence-corrected chi connectivity index (χ3v) is 3.11. The highest BCUT2D eigenvalue weighted by molar-refractivity contribution is 6.09. The van der Waals surface area contributed by atoms with E-state index in [1.807, 2.05) is 26.0 Å². The molecule has 0 saturated carbocycles. The lowest BCUT2D eigenvalue weighted by Crippen LogP contribution is -2.28. The largest absolute Gasteiger partial charge is 0.322 e. The number of aromatic nitrogens is 1. The number of carbonyl (C=O) groups is 1. The Morgan fingerprint density at radius 3 is 2.50 bits per heavy atom. The number of nitrogens with one attached hydrogen (secondary N) is 1. The average molecular weight is 270 g/mol. The zero-order valence-electron chi connectivity index (χ0n) is 11.8. The predicted octanol–water partition coefficient (Wildman–Crippen LogP) is 2.26. The maximum atomic E-state index is 12.6. The van der Waals surface area contributed by atoms with Crippen LogP contribution in [-0.4, -0.2) is 17.9 Å². The van der Waals surface area contributed by atoms with E-state index in [1.54, 1.807) is 24.2 Å². The van der Waals surface area contributed by atoms with Crippen molar-refractivity contribution < 1.29 is 4.79 Å². The monoisotopic (exact) mass is 270 g/mol. The molecule has 0 atom stereocenters. The fourth-order valence-electron chi connectivity index (χ4n) is 2.14. The van der Waals surface area contributed by atoms with Gasteiger partial charge in [-0.15, -0.1) is 0 Å². The second kappa shape index (κ2) is 5.71. The molecule has 0 aliphatic heterocycles. The van der Waals surface area contributed by atoms with Crippen LogP contribution in [0.15, 0.2) is 36.7 Å². The van der Waals surface area contributed by atoms with Gasteiger partial charge in [-0.1, -0.05) is 6.07 Å². The van der Waals surface area contributed by atoms with E-state index in [0.29, 0.717) is 11.3 Å². The third-order valence-electron chi connectivity index (χ3n) is 3.11. The van der Waals surface area contributed by atoms with Crippen LogP contribution in [0.1, 0.15) is 21.5 Å². The highest BCUT2D eigenvalue weighted by Crippen LogP contribution is 2.21. The zero-order valence-corrected chi connectivity index (χ0v) is 11.8. The topological polar surface area (TPSA) is 71.2 Å². The number of amides is 1. The lowest BCUT2D eigenvalue weighted by atomic mass is 10.1. The third kappa shape index (κ3) is 2.78. The highest BCUT2D eigenvalue weighted by Gasteiger charge is 2.17. The summed E-state index contributed by atoms with van der Waals surface area (Å²) in [5.41, 5.74) is 6.58. The molecular formula is C15H18N4O. The van der Waals surface area contributed by atoms with Gasteiger partial charge in [0, 0.05) is 18.9 Å². The van der Waals surface area contributed by atoms with E-state index in [-0.39, 0.29) is 5.91 Å². The van der Waals surface area contributed by atoms with Gasteiger partial charge in [0.1, 0.15) is 0 Å². The van der Waals surface area contributed by atoms with E-state index < -0.39 is 0 Å². The van der Waals surface area contributed by atoms with Crippen LogP contribution in [0.2, 0.25) is 0 Å². The molecule has 0 bridgehead atoms. The van der Waals surface area contributed by atoms with Gasteiger partial charge >= 0.3 is 0 Å². The molecule has 5 nitrogen and oxygen atoms in total. The number of carbonyl (C=O) groups excluding carboxylic acids is 1. The number of nitrogens with two attached hydrogens (primary N) is 1. The minimum Gasteiger partial charge on any atom is -0.322 e. The van der Waals surface area contributed by atoms with Crippen LogP contribution in [0.3, 0.4) is 0 Å². The van der Waals surface area contributed by atoms with E-state index in [9.17, 15) is 4.79 Å². The first kappa shape index (κ1) is 14.0. The molecule has 0 aliphatic rings. The summed E-state index contributed by atoms with van der Waals surface area (Å²) in [6, 6.07) is 7.67. The summed E-state index contributed by atoms with van der Waals surface area (Å²) in [5.74, 6) is 5.28. The van der Waals surface area contributed by atoms with Crippen LogP contribution in [0, 0.1) is 13.8 Å². The number of benzene rings is 1. The van der Waals surface area contributed by atoms with E-state index in [4.69, 9.17) is 5.84 Å². The molecule has 104 valence electrons. The molecule has 1 heterocycles. The van der Waals surface area contributed by atoms with Gasteiger partial charge in [-0.25, -0.2) is 0 Å². The predicted molar refractivity (Wildman–Crippen MR) is 80.7 cm³/mol. The number of hydrogen-bond donors (Lipinski definition) is 2. The van der Waals surface area contributed by atoms with Crippen molar-refractivity contribution in [2.45, 2.75) is 13.8 Å². The smallest absolute Gasteiger partial charge is 0.260 e. The highest BCUT2D eigenvalue weighted by atomic mass is 16.2. The van der Waals surface area contributed by atoms with Crippen molar-refractivity contribution in [3.8, 4) is 0 Å². The van der Waals surface area contributed by atoms with Gasteiger partial charge in [-0.3, -0.25) is 15.6 Å². The summed E-state index contributed by atoms with van der Waals surface area (Å²) >= 11 is 0. The van der Waals surface area contributed by atoms with Gasteiger partial charge < -0.3 is 10.3 Å². The van der Waals surface area contributed by atoms with Gasteiger partial charge in [0.25, 0.3) is 5.91 Å². The lowest BCUT2D eigenvalue weighted by molar-refractivity contribution is 0.0993. The Morgan fingerprint density at radius 1 is 1.25 bits per heavy atom. The zero-order chi connectivity index (χ0) is 14.7. The molecule has 2 aromatic rings. The molecule has 0 radical (unpaired) electrons. The first-order chi connectivity index (χ1) is 9.52. The molecule has 20 heavy (non-hydrogen) atoms. The minimum absolute atomic E-state index is 0.134. The number of aryl methyl sites for hydroxylation is 2. The van der Waals surface area contributed by atoms with Crippen molar-refractivity contribution in [2.75, 3.05) is 17.4 Å². The Kier molecular flexibility index (Phi) is 4.00. The van der Waals surface area contributed by atoms with E-state index in [1.165, 1.54) is 6.20 Å². The van der Waals surface area contributed by atoms with Gasteiger partial charge in [0.2, 0.25) is 0 Å². The summed E-state index contributed by atoms with van der Waals surface area (Å²) in [7, 11) is 1.75. The number of nitrogens with zero attached hydrogens (tertiary/aromatic N) is 2. The van der Waals surface area contributed by atoms with E-state index in [0.717, 1.165) is 16.8 Å². The van der Waals surface area contributed by atoms with Crippen molar-refractivity contribution in [1.82, 2.24) is 4.98 Å². The number of rotatable bonds is 3. The maximum absolute atomic E-state index is 12.6. The number of anilines is 2. The molecule has 5 heteroatoms. The fraction of sp³-hybridized carbons (Fsp3) is 0.200. The number of pyridine rings is 1. The Labute approximate surface area is 118 Å². The minimum atomic E-state index is -0.134. The number of hydrazine groups is 1. The molecule has 0 aliphatic carbocycles. The molecule has 2 rings (SSSR count). The first-order valence-electron chi connectivity index (χ1n) is 6.30.